The van der Waals surface area contributed by atoms with Crippen molar-refractivity contribution in [3.05, 3.63) is 0 Å². The van der Waals surface area contributed by atoms with Crippen LogP contribution in [0.25, 0.3) is 0 Å². The molecule has 2 heterocycles. The summed E-state index contributed by atoms with van der Waals surface area (Å²) in [6.07, 6.45) is 1.16. The quantitative estimate of drug-likeness (QED) is 0.580. The van der Waals surface area contributed by atoms with E-state index in [0.29, 0.717) is 6.54 Å². The van der Waals surface area contributed by atoms with Crippen molar-refractivity contribution in [3.8, 4) is 0 Å². The lowest BCUT2D eigenvalue weighted by atomic mass is 9.98. The van der Waals surface area contributed by atoms with Gasteiger partial charge in [-0.1, -0.05) is 0 Å². The summed E-state index contributed by atoms with van der Waals surface area (Å²) in [6.45, 7) is 1.67. The third-order valence-corrected chi connectivity index (χ3v) is 3.49. The number of nitrogens with one attached hydrogen (secondary N) is 1. The van der Waals surface area contributed by atoms with E-state index in [1.54, 1.807) is 0 Å². The fourth-order valence-corrected chi connectivity index (χ4v) is 2.59. The van der Waals surface area contributed by atoms with Crippen LogP contribution in [0.5, 0.6) is 0 Å². The molecular formula is C11H18N2O4. The van der Waals surface area contributed by atoms with Crippen molar-refractivity contribution in [2.24, 2.45) is 5.92 Å². The molecule has 96 valence electrons. The SMILES string of the molecule is O=C(O)[C@@H]1C[C@@H](O)CN1C(=O)[C@H]1CCCNC1. The van der Waals surface area contributed by atoms with Crippen LogP contribution in [0.15, 0.2) is 0 Å². The van der Waals surface area contributed by atoms with Gasteiger partial charge in [0.05, 0.1) is 12.0 Å². The first-order valence-electron chi connectivity index (χ1n) is 6.01. The van der Waals surface area contributed by atoms with Gasteiger partial charge < -0.3 is 20.4 Å². The summed E-state index contributed by atoms with van der Waals surface area (Å²) in [4.78, 5) is 24.5. The summed E-state index contributed by atoms with van der Waals surface area (Å²) in [6, 6.07) is -0.862. The molecular weight excluding hydrogens is 224 g/mol. The summed E-state index contributed by atoms with van der Waals surface area (Å²) in [7, 11) is 0. The molecule has 0 spiro atoms. The van der Waals surface area contributed by atoms with Gasteiger partial charge in [-0.15, -0.1) is 0 Å². The van der Waals surface area contributed by atoms with Crippen molar-refractivity contribution in [2.45, 2.75) is 31.4 Å². The average molecular weight is 242 g/mol. The van der Waals surface area contributed by atoms with E-state index in [9.17, 15) is 14.7 Å². The molecule has 2 aliphatic rings. The molecule has 3 N–H and O–H groups in total. The van der Waals surface area contributed by atoms with Crippen LogP contribution in [-0.2, 0) is 9.59 Å². The Bertz CT molecular complexity index is 315. The van der Waals surface area contributed by atoms with Crippen LogP contribution in [-0.4, -0.2) is 58.8 Å². The number of carboxylic acid groups (broad SMARTS) is 1. The zero-order chi connectivity index (χ0) is 12.4. The number of aliphatic carboxylic acids is 1. The highest BCUT2D eigenvalue weighted by atomic mass is 16.4. The van der Waals surface area contributed by atoms with Crippen LogP contribution >= 0.6 is 0 Å². The summed E-state index contributed by atoms with van der Waals surface area (Å²) in [5.74, 6) is -1.31. The van der Waals surface area contributed by atoms with E-state index < -0.39 is 18.1 Å². The molecule has 0 radical (unpaired) electrons. The standard InChI is InChI=1S/C11H18N2O4/c14-8-4-9(11(16)17)13(6-8)10(15)7-2-1-3-12-5-7/h7-9,12,14H,1-6H2,(H,16,17)/t7-,8+,9-/m0/s1. The third-order valence-electron chi connectivity index (χ3n) is 3.49. The second-order valence-electron chi connectivity index (χ2n) is 4.78. The van der Waals surface area contributed by atoms with E-state index >= 15 is 0 Å². The zero-order valence-electron chi connectivity index (χ0n) is 9.63. The number of carbonyl (C=O) groups is 2. The highest BCUT2D eigenvalue weighted by Gasteiger charge is 2.41. The van der Waals surface area contributed by atoms with Crippen LogP contribution in [0.3, 0.4) is 0 Å². The Labute approximate surface area is 99.6 Å². The molecule has 2 aliphatic heterocycles. The minimum absolute atomic E-state index is 0.138. The van der Waals surface area contributed by atoms with Crippen LogP contribution < -0.4 is 5.32 Å². The molecule has 0 bridgehead atoms. The van der Waals surface area contributed by atoms with Crippen molar-refractivity contribution in [3.63, 3.8) is 0 Å². The third kappa shape index (κ3) is 2.58. The summed E-state index contributed by atoms with van der Waals surface area (Å²) >= 11 is 0. The van der Waals surface area contributed by atoms with Gasteiger partial charge in [0.1, 0.15) is 6.04 Å². The number of likely N-dealkylation sites (tertiary alicyclic amines) is 1. The van der Waals surface area contributed by atoms with E-state index in [1.165, 1.54) is 4.90 Å². The number of carboxylic acids is 1. The van der Waals surface area contributed by atoms with E-state index in [4.69, 9.17) is 5.11 Å². The van der Waals surface area contributed by atoms with Gasteiger partial charge in [-0.25, -0.2) is 4.79 Å². The zero-order valence-corrected chi connectivity index (χ0v) is 9.63. The number of nitrogens with zero attached hydrogens (tertiary/aromatic N) is 1. The van der Waals surface area contributed by atoms with Crippen LogP contribution in [0.4, 0.5) is 0 Å². The molecule has 2 saturated heterocycles. The minimum Gasteiger partial charge on any atom is -0.480 e. The predicted octanol–water partition coefficient (Wildman–Crippen LogP) is -0.968. The fourth-order valence-electron chi connectivity index (χ4n) is 2.59. The first-order valence-corrected chi connectivity index (χ1v) is 6.01. The second kappa shape index (κ2) is 5.01. The normalized spacial score (nSPS) is 33.7. The molecule has 3 atom stereocenters. The highest BCUT2D eigenvalue weighted by molar-refractivity contribution is 5.86. The molecule has 2 rings (SSSR count). The Balaban J connectivity index is 2.04. The van der Waals surface area contributed by atoms with E-state index in [1.807, 2.05) is 0 Å². The summed E-state index contributed by atoms with van der Waals surface area (Å²) in [5, 5.41) is 21.7. The first kappa shape index (κ1) is 12.3. The van der Waals surface area contributed by atoms with Gasteiger partial charge in [0.25, 0.3) is 0 Å². The monoisotopic (exact) mass is 242 g/mol. The fraction of sp³-hybridized carbons (Fsp3) is 0.818. The number of β-amino-alcohol motifs (C(OH)–C–C–N with tert-alkyl or cyclic N) is 1. The van der Waals surface area contributed by atoms with Gasteiger partial charge >= 0.3 is 5.97 Å². The lowest BCUT2D eigenvalue weighted by Crippen LogP contribution is -2.47. The van der Waals surface area contributed by atoms with Crippen LogP contribution in [0, 0.1) is 5.92 Å². The maximum absolute atomic E-state index is 12.2. The maximum Gasteiger partial charge on any atom is 0.326 e. The first-order chi connectivity index (χ1) is 8.09. The van der Waals surface area contributed by atoms with Crippen LogP contribution in [0.2, 0.25) is 0 Å². The molecule has 0 saturated carbocycles. The number of amides is 1. The topological polar surface area (TPSA) is 89.9 Å². The molecule has 2 fully saturated rings. The molecule has 0 aliphatic carbocycles. The molecule has 6 nitrogen and oxygen atoms in total. The van der Waals surface area contributed by atoms with Gasteiger partial charge in [-0.2, -0.15) is 0 Å². The number of hydrogen-bond donors (Lipinski definition) is 3. The number of hydrogen-bond acceptors (Lipinski definition) is 4. The van der Waals surface area contributed by atoms with Crippen molar-refractivity contribution < 1.29 is 19.8 Å². The molecule has 0 aromatic heterocycles. The molecule has 1 amide bonds. The van der Waals surface area contributed by atoms with Gasteiger partial charge in [-0.3, -0.25) is 4.79 Å². The number of carbonyl (C=O) groups excluding carboxylic acids is 1. The maximum atomic E-state index is 12.2. The Morgan fingerprint density at radius 3 is 2.71 bits per heavy atom. The van der Waals surface area contributed by atoms with Gasteiger partial charge in [0.15, 0.2) is 0 Å². The Hall–Kier alpha value is -1.14. The van der Waals surface area contributed by atoms with Crippen molar-refractivity contribution in [2.75, 3.05) is 19.6 Å². The number of aliphatic hydroxyl groups excluding tert-OH is 1. The number of aliphatic hydroxyl groups is 1. The molecule has 0 aromatic rings. The highest BCUT2D eigenvalue weighted by Crippen LogP contribution is 2.23. The number of piperidine rings is 1. The number of rotatable bonds is 2. The lowest BCUT2D eigenvalue weighted by molar-refractivity contribution is -0.150. The Kier molecular flexibility index (Phi) is 3.63. The smallest absolute Gasteiger partial charge is 0.326 e. The molecule has 0 aromatic carbocycles. The Morgan fingerprint density at radius 2 is 2.12 bits per heavy atom. The van der Waals surface area contributed by atoms with E-state index in [2.05, 4.69) is 5.32 Å². The van der Waals surface area contributed by atoms with Crippen molar-refractivity contribution in [1.29, 1.82) is 0 Å². The Morgan fingerprint density at radius 1 is 1.35 bits per heavy atom. The van der Waals surface area contributed by atoms with Crippen molar-refractivity contribution >= 4 is 11.9 Å². The predicted molar refractivity (Wildman–Crippen MR) is 59.4 cm³/mol. The van der Waals surface area contributed by atoms with Crippen molar-refractivity contribution in [1.82, 2.24) is 10.2 Å². The van der Waals surface area contributed by atoms with Crippen LogP contribution in [0.1, 0.15) is 19.3 Å². The average Bonchev–Trinajstić information content (AvgIpc) is 2.72. The van der Waals surface area contributed by atoms with Gasteiger partial charge in [-0.05, 0) is 19.4 Å². The van der Waals surface area contributed by atoms with Gasteiger partial charge in [0, 0.05) is 19.5 Å². The molecule has 6 heteroatoms. The van der Waals surface area contributed by atoms with E-state index in [-0.39, 0.29) is 24.8 Å². The minimum atomic E-state index is -1.03. The van der Waals surface area contributed by atoms with E-state index in [0.717, 1.165) is 19.4 Å². The van der Waals surface area contributed by atoms with Gasteiger partial charge in [0.2, 0.25) is 5.91 Å². The summed E-state index contributed by atoms with van der Waals surface area (Å²) in [5.41, 5.74) is 0. The largest absolute Gasteiger partial charge is 0.480 e. The lowest BCUT2D eigenvalue weighted by Gasteiger charge is -2.29. The molecule has 17 heavy (non-hydrogen) atoms. The summed E-state index contributed by atoms with van der Waals surface area (Å²) < 4.78 is 0. The second-order valence-corrected chi connectivity index (χ2v) is 4.78. The molecule has 0 unspecified atom stereocenters.